The number of halogens is 1. The topological polar surface area (TPSA) is 84.7 Å². The molecule has 0 unspecified atom stereocenters. The fraction of sp³-hybridized carbons (Fsp3) is 0.267. The Morgan fingerprint density at radius 3 is 2.91 bits per heavy atom. The van der Waals surface area contributed by atoms with Gasteiger partial charge in [-0.15, -0.1) is 0 Å². The van der Waals surface area contributed by atoms with Crippen LogP contribution in [-0.4, -0.2) is 42.3 Å². The number of aromatic nitrogens is 1. The van der Waals surface area contributed by atoms with Crippen LogP contribution in [0.15, 0.2) is 34.9 Å². The first kappa shape index (κ1) is 16.5. The average molecular weight is 321 g/mol. The number of carbonyl (C=O) groups is 2. The highest BCUT2D eigenvalue weighted by atomic mass is 19.1. The number of benzene rings is 1. The van der Waals surface area contributed by atoms with Crippen molar-refractivity contribution in [3.05, 3.63) is 47.9 Å². The molecule has 1 heterocycles. The average Bonchev–Trinajstić information content (AvgIpc) is 3.01. The van der Waals surface area contributed by atoms with Crippen molar-refractivity contribution in [2.24, 2.45) is 0 Å². The molecule has 0 bridgehead atoms. The third kappa shape index (κ3) is 4.53. The van der Waals surface area contributed by atoms with Gasteiger partial charge in [-0.1, -0.05) is 6.07 Å². The Morgan fingerprint density at radius 1 is 1.43 bits per heavy atom. The minimum Gasteiger partial charge on any atom is -0.484 e. The number of oxazole rings is 1. The molecule has 0 aliphatic heterocycles. The molecule has 0 radical (unpaired) electrons. The van der Waals surface area contributed by atoms with E-state index in [1.54, 1.807) is 6.07 Å². The highest BCUT2D eigenvalue weighted by Gasteiger charge is 2.18. The maximum Gasteiger partial charge on any atom is 0.276 e. The Kier molecular flexibility index (Phi) is 5.29. The molecular weight excluding hydrogens is 305 g/mol. The lowest BCUT2D eigenvalue weighted by Gasteiger charge is -2.13. The van der Waals surface area contributed by atoms with E-state index < -0.39 is 11.7 Å². The smallest absolute Gasteiger partial charge is 0.276 e. The van der Waals surface area contributed by atoms with Crippen LogP contribution in [0.2, 0.25) is 0 Å². The standard InChI is InChI=1S/C15H16FN3O4/c1-17-13(20)7-19(2)15(21)12-8-23-14(18-12)9-22-11-5-3-4-10(16)6-11/h3-6,8H,7,9H2,1-2H3,(H,17,20). The zero-order valence-electron chi connectivity index (χ0n) is 12.7. The molecule has 122 valence electrons. The Balaban J connectivity index is 1.94. The van der Waals surface area contributed by atoms with Gasteiger partial charge in [-0.25, -0.2) is 9.37 Å². The van der Waals surface area contributed by atoms with Gasteiger partial charge in [-0.05, 0) is 12.1 Å². The van der Waals surface area contributed by atoms with Crippen molar-refractivity contribution >= 4 is 11.8 Å². The number of ether oxygens (including phenoxy) is 1. The number of nitrogens with zero attached hydrogens (tertiary/aromatic N) is 2. The van der Waals surface area contributed by atoms with Crippen LogP contribution < -0.4 is 10.1 Å². The quantitative estimate of drug-likeness (QED) is 0.864. The number of amides is 2. The summed E-state index contributed by atoms with van der Waals surface area (Å²) < 4.78 is 23.5. The van der Waals surface area contributed by atoms with Gasteiger partial charge in [0.05, 0.1) is 6.54 Å². The summed E-state index contributed by atoms with van der Waals surface area (Å²) in [6, 6.07) is 5.64. The van der Waals surface area contributed by atoms with E-state index in [1.165, 1.54) is 43.5 Å². The van der Waals surface area contributed by atoms with Gasteiger partial charge < -0.3 is 19.4 Å². The first-order valence-corrected chi connectivity index (χ1v) is 6.78. The maximum atomic E-state index is 13.0. The maximum absolute atomic E-state index is 13.0. The fourth-order valence-electron chi connectivity index (χ4n) is 1.74. The third-order valence-corrected chi connectivity index (χ3v) is 2.94. The van der Waals surface area contributed by atoms with Crippen molar-refractivity contribution in [3.63, 3.8) is 0 Å². The van der Waals surface area contributed by atoms with Crippen molar-refractivity contribution in [2.75, 3.05) is 20.6 Å². The molecule has 23 heavy (non-hydrogen) atoms. The molecule has 1 aromatic heterocycles. The van der Waals surface area contributed by atoms with Gasteiger partial charge >= 0.3 is 0 Å². The SMILES string of the molecule is CNC(=O)CN(C)C(=O)c1coc(COc2cccc(F)c2)n1. The van der Waals surface area contributed by atoms with Crippen LogP contribution in [0.3, 0.4) is 0 Å². The van der Waals surface area contributed by atoms with E-state index in [0.29, 0.717) is 5.75 Å². The molecule has 2 rings (SSSR count). The largest absolute Gasteiger partial charge is 0.484 e. The Hall–Kier alpha value is -2.90. The van der Waals surface area contributed by atoms with Crippen molar-refractivity contribution < 1.29 is 23.1 Å². The molecule has 8 heteroatoms. The lowest BCUT2D eigenvalue weighted by atomic mass is 10.3. The van der Waals surface area contributed by atoms with E-state index in [9.17, 15) is 14.0 Å². The molecule has 0 fully saturated rings. The van der Waals surface area contributed by atoms with Crippen LogP contribution >= 0.6 is 0 Å². The van der Waals surface area contributed by atoms with Gasteiger partial charge in [0.15, 0.2) is 12.3 Å². The minimum absolute atomic E-state index is 0.0457. The highest BCUT2D eigenvalue weighted by Crippen LogP contribution is 2.14. The van der Waals surface area contributed by atoms with Crippen molar-refractivity contribution in [3.8, 4) is 5.75 Å². The second-order valence-electron chi connectivity index (χ2n) is 4.71. The van der Waals surface area contributed by atoms with Crippen LogP contribution in [0.4, 0.5) is 4.39 Å². The van der Waals surface area contributed by atoms with Crippen LogP contribution in [0.25, 0.3) is 0 Å². The zero-order chi connectivity index (χ0) is 16.8. The second-order valence-corrected chi connectivity index (χ2v) is 4.71. The minimum atomic E-state index is -0.450. The predicted octanol–water partition coefficient (Wildman–Crippen LogP) is 1.21. The number of rotatable bonds is 6. The Bertz CT molecular complexity index is 702. The lowest BCUT2D eigenvalue weighted by molar-refractivity contribution is -0.121. The number of nitrogens with one attached hydrogen (secondary N) is 1. The molecule has 0 spiro atoms. The van der Waals surface area contributed by atoms with Gasteiger partial charge in [-0.3, -0.25) is 9.59 Å². The van der Waals surface area contributed by atoms with E-state index >= 15 is 0 Å². The summed E-state index contributed by atoms with van der Waals surface area (Å²) in [7, 11) is 2.97. The van der Waals surface area contributed by atoms with Gasteiger partial charge in [-0.2, -0.15) is 0 Å². The number of likely N-dealkylation sites (N-methyl/N-ethyl adjacent to an activating group) is 2. The predicted molar refractivity (Wildman–Crippen MR) is 78.3 cm³/mol. The summed E-state index contributed by atoms with van der Waals surface area (Å²) >= 11 is 0. The summed E-state index contributed by atoms with van der Waals surface area (Å²) in [6.45, 7) is -0.132. The van der Waals surface area contributed by atoms with Crippen molar-refractivity contribution in [2.45, 2.75) is 6.61 Å². The monoisotopic (exact) mass is 321 g/mol. The van der Waals surface area contributed by atoms with Gasteiger partial charge in [0.25, 0.3) is 5.91 Å². The van der Waals surface area contributed by atoms with Crippen LogP contribution in [0.1, 0.15) is 16.4 Å². The van der Waals surface area contributed by atoms with Crippen molar-refractivity contribution in [1.82, 2.24) is 15.2 Å². The van der Waals surface area contributed by atoms with Crippen LogP contribution in [0, 0.1) is 5.82 Å². The summed E-state index contributed by atoms with van der Waals surface area (Å²) in [5, 5.41) is 2.42. The van der Waals surface area contributed by atoms with Gasteiger partial charge in [0.1, 0.15) is 17.8 Å². The lowest BCUT2D eigenvalue weighted by Crippen LogP contribution is -2.37. The number of hydrogen-bond acceptors (Lipinski definition) is 5. The van der Waals surface area contributed by atoms with E-state index in [0.717, 1.165) is 0 Å². The van der Waals surface area contributed by atoms with Crippen LogP contribution in [-0.2, 0) is 11.4 Å². The van der Waals surface area contributed by atoms with Crippen LogP contribution in [0.5, 0.6) is 5.75 Å². The molecule has 0 atom stereocenters. The molecule has 2 amide bonds. The Labute approximate surface area is 132 Å². The summed E-state index contributed by atoms with van der Waals surface area (Å²) in [6.07, 6.45) is 1.19. The summed E-state index contributed by atoms with van der Waals surface area (Å²) in [4.78, 5) is 28.5. The first-order chi connectivity index (χ1) is 11.0. The first-order valence-electron chi connectivity index (χ1n) is 6.78. The molecule has 1 aromatic carbocycles. The number of hydrogen-bond donors (Lipinski definition) is 1. The molecule has 2 aromatic rings. The fourth-order valence-corrected chi connectivity index (χ4v) is 1.74. The third-order valence-electron chi connectivity index (χ3n) is 2.94. The summed E-state index contributed by atoms with van der Waals surface area (Å²) in [5.41, 5.74) is 0.0641. The molecule has 1 N–H and O–H groups in total. The summed E-state index contributed by atoms with van der Waals surface area (Å²) in [5.74, 6) is -0.659. The molecule has 0 saturated heterocycles. The van der Waals surface area contributed by atoms with Gasteiger partial charge in [0, 0.05) is 20.2 Å². The molecule has 0 aliphatic carbocycles. The van der Waals surface area contributed by atoms with E-state index in [2.05, 4.69) is 10.3 Å². The van der Waals surface area contributed by atoms with Gasteiger partial charge in [0.2, 0.25) is 11.8 Å². The zero-order valence-corrected chi connectivity index (χ0v) is 12.7. The normalized spacial score (nSPS) is 10.2. The second kappa shape index (κ2) is 7.39. The number of carbonyl (C=O) groups excluding carboxylic acids is 2. The molecule has 7 nitrogen and oxygen atoms in total. The van der Waals surface area contributed by atoms with E-state index in [4.69, 9.17) is 9.15 Å². The highest BCUT2D eigenvalue weighted by molar-refractivity contribution is 5.94. The van der Waals surface area contributed by atoms with E-state index in [-0.39, 0.29) is 30.6 Å². The van der Waals surface area contributed by atoms with E-state index in [1.807, 2.05) is 0 Å². The molecule has 0 aliphatic rings. The molecule has 0 saturated carbocycles. The Morgan fingerprint density at radius 2 is 2.22 bits per heavy atom. The van der Waals surface area contributed by atoms with Crippen molar-refractivity contribution in [1.29, 1.82) is 0 Å². The molecular formula is C15H16FN3O4.